The van der Waals surface area contributed by atoms with Crippen LogP contribution in [-0.4, -0.2) is 29.3 Å². The third-order valence-corrected chi connectivity index (χ3v) is 4.70. The van der Waals surface area contributed by atoms with E-state index in [0.717, 1.165) is 24.8 Å². The van der Waals surface area contributed by atoms with Crippen molar-refractivity contribution in [3.63, 3.8) is 0 Å². The molecule has 2 N–H and O–H groups in total. The van der Waals surface area contributed by atoms with Crippen LogP contribution < -0.4 is 5.32 Å². The molecule has 0 unspecified atom stereocenters. The molecule has 0 radical (unpaired) electrons. The van der Waals surface area contributed by atoms with Crippen LogP contribution in [0.15, 0.2) is 24.3 Å². The summed E-state index contributed by atoms with van der Waals surface area (Å²) < 4.78 is 33.1. The average Bonchev–Trinajstić information content (AvgIpc) is 2.41. The standard InChI is InChI=1S/C14H20N2O4S/c1-11-7-5-6-10-13(11)15-14(17)16(21(18,19)20)12-8-3-2-4-9-12/h5-7,10,12H,2-4,8-9H2,1H3,(H,15,17)(H,18,19,20). The molecule has 7 heteroatoms. The SMILES string of the molecule is Cc1ccccc1NC(=O)N(C1CCCCC1)S(=O)(=O)O. The Hall–Kier alpha value is -1.60. The summed E-state index contributed by atoms with van der Waals surface area (Å²) in [5.74, 6) is 0. The molecule has 0 spiro atoms. The fourth-order valence-corrected chi connectivity index (χ4v) is 3.50. The van der Waals surface area contributed by atoms with E-state index >= 15 is 0 Å². The summed E-state index contributed by atoms with van der Waals surface area (Å²) in [6, 6.07) is 5.80. The van der Waals surface area contributed by atoms with E-state index in [1.807, 2.05) is 19.1 Å². The number of amides is 2. The Kier molecular flexibility index (Phi) is 4.84. The normalized spacial score (nSPS) is 16.5. The van der Waals surface area contributed by atoms with E-state index in [1.165, 1.54) is 0 Å². The number of carbonyl (C=O) groups is 1. The highest BCUT2D eigenvalue weighted by Crippen LogP contribution is 2.25. The molecule has 21 heavy (non-hydrogen) atoms. The molecule has 0 atom stereocenters. The van der Waals surface area contributed by atoms with Crippen molar-refractivity contribution < 1.29 is 17.8 Å². The van der Waals surface area contributed by atoms with Gasteiger partial charge in [-0.2, -0.15) is 12.7 Å². The van der Waals surface area contributed by atoms with Gasteiger partial charge in [-0.3, -0.25) is 4.55 Å². The Balaban J connectivity index is 2.21. The molecule has 1 fully saturated rings. The third kappa shape index (κ3) is 3.95. The molecule has 6 nitrogen and oxygen atoms in total. The summed E-state index contributed by atoms with van der Waals surface area (Å²) in [7, 11) is -4.58. The molecule has 0 aromatic heterocycles. The molecule has 1 aliphatic rings. The molecule has 0 saturated heterocycles. The fourth-order valence-electron chi connectivity index (χ4n) is 2.66. The molecule has 116 valence electrons. The van der Waals surface area contributed by atoms with E-state index in [1.54, 1.807) is 12.1 Å². The lowest BCUT2D eigenvalue weighted by Crippen LogP contribution is -2.47. The Morgan fingerprint density at radius 2 is 1.86 bits per heavy atom. The molecule has 1 aromatic carbocycles. The Labute approximate surface area is 125 Å². The first-order valence-electron chi connectivity index (χ1n) is 7.03. The van der Waals surface area contributed by atoms with E-state index in [4.69, 9.17) is 0 Å². The number of hydrogen-bond donors (Lipinski definition) is 2. The maximum absolute atomic E-state index is 12.3. The van der Waals surface area contributed by atoms with Crippen molar-refractivity contribution in [1.82, 2.24) is 4.31 Å². The highest BCUT2D eigenvalue weighted by Gasteiger charge is 2.34. The maximum atomic E-state index is 12.3. The quantitative estimate of drug-likeness (QED) is 0.840. The predicted molar refractivity (Wildman–Crippen MR) is 80.5 cm³/mol. The van der Waals surface area contributed by atoms with Crippen molar-refractivity contribution in [2.24, 2.45) is 0 Å². The Morgan fingerprint density at radius 3 is 2.43 bits per heavy atom. The lowest BCUT2D eigenvalue weighted by molar-refractivity contribution is 0.206. The molecule has 2 rings (SSSR count). The number of hydrogen-bond acceptors (Lipinski definition) is 3. The zero-order valence-electron chi connectivity index (χ0n) is 11.9. The summed E-state index contributed by atoms with van der Waals surface area (Å²) in [4.78, 5) is 12.3. The van der Waals surface area contributed by atoms with Crippen LogP contribution in [-0.2, 0) is 10.3 Å². The number of anilines is 1. The van der Waals surface area contributed by atoms with Gasteiger partial charge in [-0.25, -0.2) is 4.79 Å². The summed E-state index contributed by atoms with van der Waals surface area (Å²) in [6.07, 6.45) is 3.90. The Morgan fingerprint density at radius 1 is 1.24 bits per heavy atom. The lowest BCUT2D eigenvalue weighted by atomic mass is 9.96. The van der Waals surface area contributed by atoms with Gasteiger partial charge >= 0.3 is 16.3 Å². The largest absolute Gasteiger partial charge is 0.363 e. The van der Waals surface area contributed by atoms with E-state index < -0.39 is 22.4 Å². The van der Waals surface area contributed by atoms with Crippen LogP contribution in [0.25, 0.3) is 0 Å². The fraction of sp³-hybridized carbons (Fsp3) is 0.500. The van der Waals surface area contributed by atoms with Crippen LogP contribution in [0.5, 0.6) is 0 Å². The minimum atomic E-state index is -4.58. The maximum Gasteiger partial charge on any atom is 0.363 e. The van der Waals surface area contributed by atoms with E-state index in [9.17, 15) is 17.8 Å². The third-order valence-electron chi connectivity index (χ3n) is 3.74. The molecule has 1 saturated carbocycles. The van der Waals surface area contributed by atoms with Gasteiger partial charge in [0.05, 0.1) is 6.04 Å². The van der Waals surface area contributed by atoms with E-state index in [-0.39, 0.29) is 0 Å². The number of benzene rings is 1. The predicted octanol–water partition coefficient (Wildman–Crippen LogP) is 2.96. The highest BCUT2D eigenvalue weighted by atomic mass is 32.2. The second kappa shape index (κ2) is 6.44. The number of nitrogens with zero attached hydrogens (tertiary/aromatic N) is 1. The van der Waals surface area contributed by atoms with Crippen LogP contribution >= 0.6 is 0 Å². The average molecular weight is 312 g/mol. The molecule has 0 heterocycles. The van der Waals surface area contributed by atoms with E-state index in [2.05, 4.69) is 5.32 Å². The van der Waals surface area contributed by atoms with Crippen LogP contribution in [0.1, 0.15) is 37.7 Å². The van der Waals surface area contributed by atoms with Gasteiger partial charge in [0.15, 0.2) is 0 Å². The first-order valence-corrected chi connectivity index (χ1v) is 8.43. The molecule has 2 amide bonds. The van der Waals surface area contributed by atoms with Gasteiger partial charge in [-0.1, -0.05) is 37.5 Å². The van der Waals surface area contributed by atoms with Crippen molar-refractivity contribution in [1.29, 1.82) is 0 Å². The minimum absolute atomic E-state index is 0.474. The van der Waals surface area contributed by atoms with Crippen LogP contribution in [0.3, 0.4) is 0 Å². The molecular formula is C14H20N2O4S. The summed E-state index contributed by atoms with van der Waals surface area (Å²) in [5, 5.41) is 2.56. The van der Waals surface area contributed by atoms with Gasteiger partial charge in [0.2, 0.25) is 0 Å². The number of urea groups is 1. The van der Waals surface area contributed by atoms with Crippen LogP contribution in [0.4, 0.5) is 10.5 Å². The summed E-state index contributed by atoms with van der Waals surface area (Å²) >= 11 is 0. The van der Waals surface area contributed by atoms with Crippen molar-refractivity contribution in [3.8, 4) is 0 Å². The van der Waals surface area contributed by atoms with E-state index in [0.29, 0.717) is 22.8 Å². The van der Waals surface area contributed by atoms with Crippen molar-refractivity contribution in [3.05, 3.63) is 29.8 Å². The molecule has 1 aromatic rings. The zero-order valence-corrected chi connectivity index (χ0v) is 12.8. The molecule has 0 aliphatic heterocycles. The second-order valence-corrected chi connectivity index (χ2v) is 6.60. The lowest BCUT2D eigenvalue weighted by Gasteiger charge is -2.31. The van der Waals surface area contributed by atoms with Crippen molar-refractivity contribution in [2.45, 2.75) is 45.1 Å². The van der Waals surface area contributed by atoms with Crippen molar-refractivity contribution in [2.75, 3.05) is 5.32 Å². The molecule has 1 aliphatic carbocycles. The number of rotatable bonds is 3. The van der Waals surface area contributed by atoms with Crippen LogP contribution in [0, 0.1) is 6.92 Å². The second-order valence-electron chi connectivity index (χ2n) is 5.31. The zero-order chi connectivity index (χ0) is 15.5. The number of aryl methyl sites for hydroxylation is 1. The summed E-state index contributed by atoms with van der Waals surface area (Å²) in [6.45, 7) is 1.81. The number of para-hydroxylation sites is 1. The molecular weight excluding hydrogens is 292 g/mol. The number of nitrogens with one attached hydrogen (secondary N) is 1. The smallest absolute Gasteiger partial charge is 0.307 e. The monoisotopic (exact) mass is 312 g/mol. The highest BCUT2D eigenvalue weighted by molar-refractivity contribution is 7.84. The topological polar surface area (TPSA) is 86.7 Å². The van der Waals surface area contributed by atoms with Gasteiger partial charge in [-0.05, 0) is 31.4 Å². The number of carbonyl (C=O) groups excluding carboxylic acids is 1. The van der Waals surface area contributed by atoms with Gasteiger partial charge in [0.1, 0.15) is 0 Å². The van der Waals surface area contributed by atoms with Gasteiger partial charge < -0.3 is 5.32 Å². The van der Waals surface area contributed by atoms with Gasteiger partial charge in [0.25, 0.3) is 0 Å². The first-order chi connectivity index (χ1) is 9.89. The first kappa shape index (κ1) is 15.8. The van der Waals surface area contributed by atoms with Gasteiger partial charge in [-0.15, -0.1) is 0 Å². The van der Waals surface area contributed by atoms with Crippen LogP contribution in [0.2, 0.25) is 0 Å². The van der Waals surface area contributed by atoms with Gasteiger partial charge in [0, 0.05) is 5.69 Å². The molecule has 0 bridgehead atoms. The minimum Gasteiger partial charge on any atom is -0.307 e. The Bertz CT molecular complexity index is 609. The van der Waals surface area contributed by atoms with Crippen molar-refractivity contribution >= 4 is 22.0 Å². The summed E-state index contributed by atoms with van der Waals surface area (Å²) in [5.41, 5.74) is 1.36.